The molecule has 1 aromatic carbocycles. The predicted octanol–water partition coefficient (Wildman–Crippen LogP) is 3.82. The Kier molecular flexibility index (Phi) is 4.06. The first-order valence-electron chi connectivity index (χ1n) is 8.93. The molecule has 23 heavy (non-hydrogen) atoms. The van der Waals surface area contributed by atoms with Crippen LogP contribution in [0.5, 0.6) is 0 Å². The fourth-order valence-electron chi connectivity index (χ4n) is 4.56. The van der Waals surface area contributed by atoms with E-state index in [0.29, 0.717) is 23.8 Å². The summed E-state index contributed by atoms with van der Waals surface area (Å²) < 4.78 is 27.9. The quantitative estimate of drug-likeness (QED) is 0.826. The molecule has 1 aromatic rings. The summed E-state index contributed by atoms with van der Waals surface area (Å²) in [6, 6.07) is 8.14. The summed E-state index contributed by atoms with van der Waals surface area (Å²) in [7, 11) is -3.28. The highest BCUT2D eigenvalue weighted by Crippen LogP contribution is 2.38. The van der Waals surface area contributed by atoms with Gasteiger partial charge in [-0.2, -0.15) is 4.31 Å². The van der Waals surface area contributed by atoms with Gasteiger partial charge < -0.3 is 0 Å². The second kappa shape index (κ2) is 6.06. The number of nitrogens with zero attached hydrogens (tertiary/aromatic N) is 1. The average molecular weight is 331 g/mol. The second-order valence-corrected chi connectivity index (χ2v) is 9.26. The monoisotopic (exact) mass is 331 g/mol. The number of aryl methyl sites for hydroxylation is 1. The highest BCUT2D eigenvalue weighted by Gasteiger charge is 2.37. The van der Waals surface area contributed by atoms with Gasteiger partial charge in [0.05, 0.1) is 4.91 Å². The molecule has 0 spiro atoms. The van der Waals surface area contributed by atoms with Crippen LogP contribution < -0.4 is 0 Å². The van der Waals surface area contributed by atoms with Crippen LogP contribution in [0, 0.1) is 11.8 Å². The summed E-state index contributed by atoms with van der Waals surface area (Å²) in [5.41, 5.74) is 2.34. The maximum atomic E-state index is 13.1. The van der Waals surface area contributed by atoms with E-state index in [0.717, 1.165) is 30.9 Å². The van der Waals surface area contributed by atoms with Crippen molar-refractivity contribution in [2.45, 2.75) is 44.9 Å². The summed E-state index contributed by atoms with van der Waals surface area (Å²) >= 11 is 0. The van der Waals surface area contributed by atoms with E-state index in [-0.39, 0.29) is 0 Å². The normalized spacial score (nSPS) is 28.6. The Balaban J connectivity index is 1.58. The van der Waals surface area contributed by atoms with Crippen LogP contribution in [-0.2, 0) is 16.4 Å². The van der Waals surface area contributed by atoms with E-state index in [1.54, 1.807) is 4.31 Å². The molecule has 0 bridgehead atoms. The second-order valence-electron chi connectivity index (χ2n) is 7.27. The number of piperidine rings is 1. The van der Waals surface area contributed by atoms with E-state index >= 15 is 0 Å². The van der Waals surface area contributed by atoms with Gasteiger partial charge in [-0.1, -0.05) is 43.5 Å². The molecule has 3 aliphatic rings. The van der Waals surface area contributed by atoms with E-state index in [1.807, 2.05) is 24.3 Å². The molecule has 2 fully saturated rings. The third-order valence-electron chi connectivity index (χ3n) is 5.94. The SMILES string of the molecule is O=S(=O)(C1=Cc2ccccc2CC1)N1CC[C@H]2CCCC[C@@H]2C1. The lowest BCUT2D eigenvalue weighted by Crippen LogP contribution is -2.45. The van der Waals surface area contributed by atoms with Gasteiger partial charge in [-0.25, -0.2) is 8.42 Å². The molecule has 0 N–H and O–H groups in total. The summed E-state index contributed by atoms with van der Waals surface area (Å²) in [6.07, 6.45) is 9.54. The first kappa shape index (κ1) is 15.4. The maximum Gasteiger partial charge on any atom is 0.239 e. The molecular weight excluding hydrogens is 306 g/mol. The molecule has 0 radical (unpaired) electrons. The topological polar surface area (TPSA) is 37.4 Å². The Morgan fingerprint density at radius 2 is 1.74 bits per heavy atom. The van der Waals surface area contributed by atoms with Crippen molar-refractivity contribution in [2.24, 2.45) is 11.8 Å². The standard InChI is InChI=1S/C19H25NO2S/c21-23(22,19-10-9-15-5-1-3-7-17(15)13-19)20-12-11-16-6-2-4-8-18(16)14-20/h1,3,5,7,13,16,18H,2,4,6,8-12,14H2/t16-,18-/m1/s1. The van der Waals surface area contributed by atoms with Crippen molar-refractivity contribution in [3.8, 4) is 0 Å². The first-order chi connectivity index (χ1) is 11.1. The predicted molar refractivity (Wildman–Crippen MR) is 93.3 cm³/mol. The average Bonchev–Trinajstić information content (AvgIpc) is 2.61. The van der Waals surface area contributed by atoms with Crippen LogP contribution in [0.1, 0.15) is 49.7 Å². The Morgan fingerprint density at radius 1 is 0.957 bits per heavy atom. The minimum absolute atomic E-state index is 0.587. The molecule has 4 rings (SSSR count). The van der Waals surface area contributed by atoms with Gasteiger partial charge in [-0.05, 0) is 54.7 Å². The van der Waals surface area contributed by atoms with Gasteiger partial charge in [0.2, 0.25) is 10.0 Å². The third-order valence-corrected chi connectivity index (χ3v) is 7.93. The van der Waals surface area contributed by atoms with Crippen molar-refractivity contribution in [3.63, 3.8) is 0 Å². The zero-order valence-corrected chi connectivity index (χ0v) is 14.4. The van der Waals surface area contributed by atoms with Crippen LogP contribution in [0.4, 0.5) is 0 Å². The molecule has 2 atom stereocenters. The molecule has 2 aliphatic carbocycles. The molecule has 0 aromatic heterocycles. The summed E-state index contributed by atoms with van der Waals surface area (Å²) in [6.45, 7) is 1.45. The molecule has 3 nitrogen and oxygen atoms in total. The largest absolute Gasteiger partial charge is 0.239 e. The molecule has 0 amide bonds. The third kappa shape index (κ3) is 2.87. The van der Waals surface area contributed by atoms with E-state index in [9.17, 15) is 8.42 Å². The minimum Gasteiger partial charge on any atom is -0.207 e. The summed E-state index contributed by atoms with van der Waals surface area (Å²) in [4.78, 5) is 0.616. The van der Waals surface area contributed by atoms with Crippen LogP contribution in [0.2, 0.25) is 0 Å². The molecule has 1 saturated heterocycles. The summed E-state index contributed by atoms with van der Waals surface area (Å²) in [5.74, 6) is 1.35. The van der Waals surface area contributed by atoms with Gasteiger partial charge in [0.25, 0.3) is 0 Å². The molecule has 1 heterocycles. The fourth-order valence-corrected chi connectivity index (χ4v) is 6.26. The van der Waals surface area contributed by atoms with Gasteiger partial charge in [0.1, 0.15) is 0 Å². The molecule has 1 aliphatic heterocycles. The van der Waals surface area contributed by atoms with Crippen molar-refractivity contribution < 1.29 is 8.42 Å². The Labute approximate surface area is 139 Å². The van der Waals surface area contributed by atoms with Gasteiger partial charge in [0, 0.05) is 13.1 Å². The fraction of sp³-hybridized carbons (Fsp3) is 0.579. The number of hydrogen-bond donors (Lipinski definition) is 0. The van der Waals surface area contributed by atoms with Crippen LogP contribution in [-0.4, -0.2) is 25.8 Å². The van der Waals surface area contributed by atoms with E-state index in [1.165, 1.54) is 31.2 Å². The van der Waals surface area contributed by atoms with Crippen LogP contribution in [0.25, 0.3) is 6.08 Å². The Bertz CT molecular complexity index is 723. The van der Waals surface area contributed by atoms with Crippen molar-refractivity contribution in [1.82, 2.24) is 4.31 Å². The van der Waals surface area contributed by atoms with Crippen molar-refractivity contribution >= 4 is 16.1 Å². The zero-order valence-electron chi connectivity index (χ0n) is 13.6. The number of rotatable bonds is 2. The smallest absolute Gasteiger partial charge is 0.207 e. The zero-order chi connectivity index (χ0) is 15.9. The lowest BCUT2D eigenvalue weighted by molar-refractivity contribution is 0.137. The highest BCUT2D eigenvalue weighted by atomic mass is 32.2. The number of sulfonamides is 1. The molecule has 1 saturated carbocycles. The van der Waals surface area contributed by atoms with E-state index in [2.05, 4.69) is 6.07 Å². The highest BCUT2D eigenvalue weighted by molar-refractivity contribution is 7.93. The lowest BCUT2D eigenvalue weighted by Gasteiger charge is -2.41. The van der Waals surface area contributed by atoms with Crippen LogP contribution >= 0.6 is 0 Å². The summed E-state index contributed by atoms with van der Waals surface area (Å²) in [5, 5.41) is 0. The molecule has 124 valence electrons. The lowest BCUT2D eigenvalue weighted by atomic mass is 9.76. The Morgan fingerprint density at radius 3 is 2.61 bits per heavy atom. The van der Waals surface area contributed by atoms with Crippen LogP contribution in [0.3, 0.4) is 0 Å². The molecule has 0 unspecified atom stereocenters. The van der Waals surface area contributed by atoms with Crippen LogP contribution in [0.15, 0.2) is 29.2 Å². The van der Waals surface area contributed by atoms with E-state index in [4.69, 9.17) is 0 Å². The van der Waals surface area contributed by atoms with Crippen molar-refractivity contribution in [3.05, 3.63) is 40.3 Å². The molecular formula is C19H25NO2S. The number of benzene rings is 1. The number of allylic oxidation sites excluding steroid dienone is 1. The minimum atomic E-state index is -3.28. The van der Waals surface area contributed by atoms with Gasteiger partial charge in [-0.15, -0.1) is 0 Å². The number of fused-ring (bicyclic) bond motifs is 2. The van der Waals surface area contributed by atoms with Crippen molar-refractivity contribution in [1.29, 1.82) is 0 Å². The van der Waals surface area contributed by atoms with Crippen molar-refractivity contribution in [2.75, 3.05) is 13.1 Å². The number of hydrogen-bond acceptors (Lipinski definition) is 2. The Hall–Kier alpha value is -1.13. The maximum absolute atomic E-state index is 13.1. The van der Waals surface area contributed by atoms with Gasteiger partial charge >= 0.3 is 0 Å². The van der Waals surface area contributed by atoms with Gasteiger partial charge in [-0.3, -0.25) is 0 Å². The molecule has 4 heteroatoms. The van der Waals surface area contributed by atoms with E-state index < -0.39 is 10.0 Å². The first-order valence-corrected chi connectivity index (χ1v) is 10.4. The van der Waals surface area contributed by atoms with Gasteiger partial charge in [0.15, 0.2) is 0 Å².